The highest BCUT2D eigenvalue weighted by atomic mass is 16.3. The Labute approximate surface area is 136 Å². The number of carbonyl (C=O) groups is 2. The van der Waals surface area contributed by atoms with Gasteiger partial charge in [-0.2, -0.15) is 0 Å². The highest BCUT2D eigenvalue weighted by Gasteiger charge is 2.07. The molecule has 2 amide bonds. The van der Waals surface area contributed by atoms with Gasteiger partial charge in [0.2, 0.25) is 5.91 Å². The summed E-state index contributed by atoms with van der Waals surface area (Å²) in [5, 5.41) is 5.61. The first-order valence-electron chi connectivity index (χ1n) is 7.88. The second-order valence-corrected chi connectivity index (χ2v) is 5.28. The number of aryl methyl sites for hydroxylation is 1. The van der Waals surface area contributed by atoms with Crippen LogP contribution in [0.3, 0.4) is 0 Å². The lowest BCUT2D eigenvalue weighted by molar-refractivity contribution is -0.121. The monoisotopic (exact) mass is 314 g/mol. The minimum Gasteiger partial charge on any atom is -0.459 e. The van der Waals surface area contributed by atoms with Gasteiger partial charge in [-0.3, -0.25) is 9.59 Å². The van der Waals surface area contributed by atoms with Crippen molar-refractivity contribution in [2.45, 2.75) is 25.7 Å². The molecule has 0 spiro atoms. The second-order valence-electron chi connectivity index (χ2n) is 5.28. The van der Waals surface area contributed by atoms with Crippen molar-refractivity contribution in [2.24, 2.45) is 0 Å². The van der Waals surface area contributed by atoms with Crippen molar-refractivity contribution in [3.05, 3.63) is 60.1 Å². The van der Waals surface area contributed by atoms with Gasteiger partial charge in [0.25, 0.3) is 5.91 Å². The average Bonchev–Trinajstić information content (AvgIpc) is 3.11. The average molecular weight is 314 g/mol. The van der Waals surface area contributed by atoms with Gasteiger partial charge in [-0.05, 0) is 37.0 Å². The topological polar surface area (TPSA) is 71.3 Å². The van der Waals surface area contributed by atoms with Crippen LogP contribution in [0.1, 0.15) is 35.4 Å². The van der Waals surface area contributed by atoms with E-state index in [4.69, 9.17) is 4.42 Å². The van der Waals surface area contributed by atoms with E-state index in [0.29, 0.717) is 25.9 Å². The number of furan rings is 1. The number of rotatable bonds is 9. The minimum absolute atomic E-state index is 0.0188. The van der Waals surface area contributed by atoms with Crippen molar-refractivity contribution in [1.29, 1.82) is 0 Å². The van der Waals surface area contributed by atoms with Gasteiger partial charge in [0.1, 0.15) is 0 Å². The molecular weight excluding hydrogens is 292 g/mol. The second kappa shape index (κ2) is 9.46. The SMILES string of the molecule is O=C(CCCNC(=O)c1ccco1)NCCCc1ccccc1. The van der Waals surface area contributed by atoms with E-state index in [1.165, 1.54) is 11.8 Å². The fraction of sp³-hybridized carbons (Fsp3) is 0.333. The van der Waals surface area contributed by atoms with E-state index in [9.17, 15) is 9.59 Å². The van der Waals surface area contributed by atoms with Crippen molar-refractivity contribution < 1.29 is 14.0 Å². The Morgan fingerprint density at radius 1 is 0.913 bits per heavy atom. The smallest absolute Gasteiger partial charge is 0.286 e. The summed E-state index contributed by atoms with van der Waals surface area (Å²) in [6, 6.07) is 13.5. The van der Waals surface area contributed by atoms with Gasteiger partial charge in [-0.15, -0.1) is 0 Å². The van der Waals surface area contributed by atoms with Crippen LogP contribution in [0.5, 0.6) is 0 Å². The number of carbonyl (C=O) groups excluding carboxylic acids is 2. The Bertz CT molecular complexity index is 594. The maximum absolute atomic E-state index is 11.7. The predicted molar refractivity (Wildman–Crippen MR) is 88.0 cm³/mol. The van der Waals surface area contributed by atoms with Gasteiger partial charge in [0, 0.05) is 19.5 Å². The van der Waals surface area contributed by atoms with Gasteiger partial charge in [-0.25, -0.2) is 0 Å². The molecule has 0 aliphatic rings. The maximum atomic E-state index is 11.7. The molecule has 0 radical (unpaired) electrons. The van der Waals surface area contributed by atoms with E-state index in [1.54, 1.807) is 12.1 Å². The molecular formula is C18H22N2O3. The molecule has 122 valence electrons. The molecule has 0 bridgehead atoms. The standard InChI is InChI=1S/C18H22N2O3/c21-17(19-12-4-9-15-7-2-1-3-8-15)11-5-13-20-18(22)16-10-6-14-23-16/h1-3,6-8,10,14H,4-5,9,11-13H2,(H,19,21)(H,20,22). The fourth-order valence-electron chi connectivity index (χ4n) is 2.20. The third-order valence-corrected chi connectivity index (χ3v) is 3.42. The maximum Gasteiger partial charge on any atom is 0.286 e. The first-order chi connectivity index (χ1) is 11.3. The summed E-state index contributed by atoms with van der Waals surface area (Å²) < 4.78 is 4.98. The van der Waals surface area contributed by atoms with Crippen LogP contribution in [0.15, 0.2) is 53.1 Å². The molecule has 0 aliphatic carbocycles. The van der Waals surface area contributed by atoms with Gasteiger partial charge in [0.15, 0.2) is 5.76 Å². The molecule has 5 heteroatoms. The number of amides is 2. The molecule has 0 unspecified atom stereocenters. The normalized spacial score (nSPS) is 10.3. The molecule has 0 saturated carbocycles. The summed E-state index contributed by atoms with van der Waals surface area (Å²) in [6.45, 7) is 1.13. The Kier molecular flexibility index (Phi) is 6.91. The van der Waals surface area contributed by atoms with E-state index in [0.717, 1.165) is 12.8 Å². The van der Waals surface area contributed by atoms with Crippen molar-refractivity contribution in [3.8, 4) is 0 Å². The summed E-state index contributed by atoms with van der Waals surface area (Å²) in [5.41, 5.74) is 1.28. The van der Waals surface area contributed by atoms with Crippen LogP contribution in [0, 0.1) is 0 Å². The lowest BCUT2D eigenvalue weighted by Gasteiger charge is -2.06. The summed E-state index contributed by atoms with van der Waals surface area (Å²) in [6.07, 6.45) is 4.35. The van der Waals surface area contributed by atoms with E-state index in [1.807, 2.05) is 18.2 Å². The van der Waals surface area contributed by atoms with Crippen molar-refractivity contribution >= 4 is 11.8 Å². The summed E-state index contributed by atoms with van der Waals surface area (Å²) in [7, 11) is 0. The Morgan fingerprint density at radius 3 is 2.43 bits per heavy atom. The lowest BCUT2D eigenvalue weighted by Crippen LogP contribution is -2.28. The van der Waals surface area contributed by atoms with Gasteiger partial charge in [-0.1, -0.05) is 30.3 Å². The van der Waals surface area contributed by atoms with E-state index in [2.05, 4.69) is 22.8 Å². The van der Waals surface area contributed by atoms with Gasteiger partial charge >= 0.3 is 0 Å². The van der Waals surface area contributed by atoms with E-state index >= 15 is 0 Å². The highest BCUT2D eigenvalue weighted by Crippen LogP contribution is 2.02. The molecule has 23 heavy (non-hydrogen) atoms. The number of hydrogen-bond acceptors (Lipinski definition) is 3. The first kappa shape index (κ1) is 16.8. The predicted octanol–water partition coefficient (Wildman–Crippen LogP) is 2.54. The van der Waals surface area contributed by atoms with Crippen LogP contribution >= 0.6 is 0 Å². The molecule has 0 saturated heterocycles. The quantitative estimate of drug-likeness (QED) is 0.699. The Hall–Kier alpha value is -2.56. The van der Waals surface area contributed by atoms with E-state index in [-0.39, 0.29) is 17.6 Å². The number of hydrogen-bond donors (Lipinski definition) is 2. The molecule has 1 aromatic carbocycles. The zero-order chi connectivity index (χ0) is 16.3. The van der Waals surface area contributed by atoms with Crippen LogP contribution in [-0.4, -0.2) is 24.9 Å². The van der Waals surface area contributed by atoms with Crippen molar-refractivity contribution in [3.63, 3.8) is 0 Å². The first-order valence-corrected chi connectivity index (χ1v) is 7.88. The molecule has 1 aromatic heterocycles. The highest BCUT2D eigenvalue weighted by molar-refractivity contribution is 5.91. The summed E-state index contributed by atoms with van der Waals surface area (Å²) >= 11 is 0. The molecule has 2 aromatic rings. The minimum atomic E-state index is -0.252. The molecule has 0 fully saturated rings. The van der Waals surface area contributed by atoms with Gasteiger partial charge in [0.05, 0.1) is 6.26 Å². The largest absolute Gasteiger partial charge is 0.459 e. The molecule has 0 aliphatic heterocycles. The Morgan fingerprint density at radius 2 is 1.70 bits per heavy atom. The Balaban J connectivity index is 1.49. The summed E-state index contributed by atoms with van der Waals surface area (Å²) in [5.74, 6) is 0.0546. The van der Waals surface area contributed by atoms with Gasteiger partial charge < -0.3 is 15.1 Å². The van der Waals surface area contributed by atoms with Crippen LogP contribution in [-0.2, 0) is 11.2 Å². The van der Waals surface area contributed by atoms with Crippen LogP contribution < -0.4 is 10.6 Å². The third-order valence-electron chi connectivity index (χ3n) is 3.42. The van der Waals surface area contributed by atoms with E-state index < -0.39 is 0 Å². The third kappa shape index (κ3) is 6.38. The molecule has 5 nitrogen and oxygen atoms in total. The molecule has 1 heterocycles. The van der Waals surface area contributed by atoms with Crippen molar-refractivity contribution in [1.82, 2.24) is 10.6 Å². The van der Waals surface area contributed by atoms with Crippen molar-refractivity contribution in [2.75, 3.05) is 13.1 Å². The molecule has 2 rings (SSSR count). The van der Waals surface area contributed by atoms with Crippen LogP contribution in [0.25, 0.3) is 0 Å². The summed E-state index contributed by atoms with van der Waals surface area (Å²) in [4.78, 5) is 23.3. The van der Waals surface area contributed by atoms with Crippen LogP contribution in [0.4, 0.5) is 0 Å². The zero-order valence-corrected chi connectivity index (χ0v) is 13.1. The molecule has 2 N–H and O–H groups in total. The molecule has 0 atom stereocenters. The zero-order valence-electron chi connectivity index (χ0n) is 13.1. The number of benzene rings is 1. The fourth-order valence-corrected chi connectivity index (χ4v) is 2.20. The lowest BCUT2D eigenvalue weighted by atomic mass is 10.1. The number of nitrogens with one attached hydrogen (secondary N) is 2. The van der Waals surface area contributed by atoms with Crippen LogP contribution in [0.2, 0.25) is 0 Å².